The van der Waals surface area contributed by atoms with Crippen LogP contribution in [0.25, 0.3) is 10.2 Å². The van der Waals surface area contributed by atoms with Gasteiger partial charge in [0, 0.05) is 25.4 Å². The zero-order valence-electron chi connectivity index (χ0n) is 17.9. The summed E-state index contributed by atoms with van der Waals surface area (Å²) in [6, 6.07) is 5.34. The average molecular weight is 486 g/mol. The first-order valence-electron chi connectivity index (χ1n) is 10.1. The Balaban J connectivity index is 1.97. The van der Waals surface area contributed by atoms with Crippen molar-refractivity contribution in [1.82, 2.24) is 8.87 Å². The Hall–Kier alpha value is -1.69. The summed E-state index contributed by atoms with van der Waals surface area (Å²) in [5.74, 6) is -0.287. The molecule has 1 aromatic heterocycles. The van der Waals surface area contributed by atoms with Gasteiger partial charge in [-0.2, -0.15) is 16.8 Å². The molecular weight excluding hydrogens is 458 g/mol. The first-order chi connectivity index (χ1) is 14.7. The van der Waals surface area contributed by atoms with E-state index in [1.165, 1.54) is 21.9 Å². The normalized spacial score (nSPS) is 18.4. The molecule has 1 saturated heterocycles. The number of hydrogen-bond donors (Lipinski definition) is 0. The number of carbonyl (C=O) groups excluding carboxylic acids is 2. The number of aromatic nitrogens is 1. The Bertz CT molecular complexity index is 1140. The highest BCUT2D eigenvalue weighted by atomic mass is 32.2. The standard InChI is InChI=1S/C20H27N3O5S3/c1-4-28-19(25)14-7-8-16-17(12-14)30-20(23(16)10-11-29-2)21-18(24)15-6-5-9-22(13-15)31(3,26)27/h7-8,12,15H,4-6,9-11,13H2,1-3H3. The van der Waals surface area contributed by atoms with Crippen LogP contribution in [0.2, 0.25) is 0 Å². The highest BCUT2D eigenvalue weighted by Crippen LogP contribution is 2.22. The van der Waals surface area contributed by atoms with Crippen LogP contribution < -0.4 is 4.80 Å². The van der Waals surface area contributed by atoms with Crippen LogP contribution in [0.15, 0.2) is 23.2 Å². The maximum Gasteiger partial charge on any atom is 0.338 e. The fourth-order valence-corrected chi connectivity index (χ4v) is 5.91. The molecule has 0 saturated carbocycles. The SMILES string of the molecule is CCOC(=O)c1ccc2c(c1)sc(=NC(=O)C1CCCN(S(C)(=O)=O)C1)n2CCSC. The van der Waals surface area contributed by atoms with Gasteiger partial charge in [0.15, 0.2) is 4.80 Å². The molecule has 3 rings (SSSR count). The summed E-state index contributed by atoms with van der Waals surface area (Å²) >= 11 is 3.04. The van der Waals surface area contributed by atoms with Gasteiger partial charge in [0.25, 0.3) is 5.91 Å². The smallest absolute Gasteiger partial charge is 0.338 e. The van der Waals surface area contributed by atoms with Gasteiger partial charge < -0.3 is 9.30 Å². The quantitative estimate of drug-likeness (QED) is 0.559. The number of fused-ring (bicyclic) bond motifs is 1. The predicted octanol–water partition coefficient (Wildman–Crippen LogP) is 2.34. The molecule has 1 unspecified atom stereocenters. The molecule has 1 aromatic carbocycles. The van der Waals surface area contributed by atoms with Gasteiger partial charge in [-0.3, -0.25) is 4.79 Å². The van der Waals surface area contributed by atoms with E-state index in [2.05, 4.69) is 4.99 Å². The van der Waals surface area contributed by atoms with E-state index in [-0.39, 0.29) is 18.4 Å². The number of hydrogen-bond acceptors (Lipinski definition) is 7. The third-order valence-electron chi connectivity index (χ3n) is 5.12. The number of amides is 1. The summed E-state index contributed by atoms with van der Waals surface area (Å²) in [4.78, 5) is 30.0. The molecule has 1 aliphatic rings. The number of benzene rings is 1. The van der Waals surface area contributed by atoms with Gasteiger partial charge in [-0.1, -0.05) is 11.3 Å². The second-order valence-electron chi connectivity index (χ2n) is 7.34. The van der Waals surface area contributed by atoms with Crippen LogP contribution in [-0.4, -0.2) is 67.1 Å². The molecule has 31 heavy (non-hydrogen) atoms. The molecule has 0 N–H and O–H groups in total. The summed E-state index contributed by atoms with van der Waals surface area (Å²) in [6.45, 7) is 3.35. The van der Waals surface area contributed by atoms with Gasteiger partial charge in [-0.15, -0.1) is 0 Å². The van der Waals surface area contributed by atoms with Crippen LogP contribution in [0.5, 0.6) is 0 Å². The number of aryl methyl sites for hydroxylation is 1. The van der Waals surface area contributed by atoms with Crippen molar-refractivity contribution in [1.29, 1.82) is 0 Å². The number of ether oxygens (including phenoxy) is 1. The molecule has 0 spiro atoms. The molecule has 1 amide bonds. The highest BCUT2D eigenvalue weighted by Gasteiger charge is 2.30. The van der Waals surface area contributed by atoms with E-state index in [1.807, 2.05) is 16.9 Å². The molecule has 0 aliphatic carbocycles. The van der Waals surface area contributed by atoms with Gasteiger partial charge in [0.05, 0.1) is 34.6 Å². The van der Waals surface area contributed by atoms with Gasteiger partial charge in [0.2, 0.25) is 10.0 Å². The Kier molecular flexibility index (Phi) is 7.95. The highest BCUT2D eigenvalue weighted by molar-refractivity contribution is 7.98. The lowest BCUT2D eigenvalue weighted by Gasteiger charge is -2.28. The Morgan fingerprint density at radius 2 is 2.13 bits per heavy atom. The largest absolute Gasteiger partial charge is 0.462 e. The monoisotopic (exact) mass is 485 g/mol. The van der Waals surface area contributed by atoms with Crippen molar-refractivity contribution in [3.8, 4) is 0 Å². The van der Waals surface area contributed by atoms with Crippen LogP contribution in [-0.2, 0) is 26.1 Å². The molecule has 1 fully saturated rings. The van der Waals surface area contributed by atoms with Gasteiger partial charge in [-0.25, -0.2) is 17.5 Å². The van der Waals surface area contributed by atoms with Crippen molar-refractivity contribution < 1.29 is 22.7 Å². The van der Waals surface area contributed by atoms with Crippen molar-refractivity contribution in [3.05, 3.63) is 28.6 Å². The minimum absolute atomic E-state index is 0.171. The fourth-order valence-electron chi connectivity index (χ4n) is 3.53. The summed E-state index contributed by atoms with van der Waals surface area (Å²) < 4.78 is 33.0. The summed E-state index contributed by atoms with van der Waals surface area (Å²) in [7, 11) is -3.33. The number of piperidine rings is 1. The van der Waals surface area contributed by atoms with Crippen molar-refractivity contribution in [3.63, 3.8) is 0 Å². The summed E-state index contributed by atoms with van der Waals surface area (Å²) in [6.07, 6.45) is 4.44. The molecule has 8 nitrogen and oxygen atoms in total. The number of thiazole rings is 1. The predicted molar refractivity (Wildman–Crippen MR) is 124 cm³/mol. The summed E-state index contributed by atoms with van der Waals surface area (Å²) in [5, 5.41) is 0. The third-order valence-corrected chi connectivity index (χ3v) is 8.02. The van der Waals surface area contributed by atoms with Crippen LogP contribution in [0.1, 0.15) is 30.1 Å². The minimum Gasteiger partial charge on any atom is -0.462 e. The van der Waals surface area contributed by atoms with Crippen LogP contribution >= 0.6 is 23.1 Å². The maximum absolute atomic E-state index is 12.9. The Morgan fingerprint density at radius 3 is 2.81 bits per heavy atom. The number of carbonyl (C=O) groups is 2. The number of thioether (sulfide) groups is 1. The van der Waals surface area contributed by atoms with Crippen molar-refractivity contribution >= 4 is 55.2 Å². The number of rotatable bonds is 7. The van der Waals surface area contributed by atoms with Gasteiger partial charge >= 0.3 is 5.97 Å². The number of nitrogens with zero attached hydrogens (tertiary/aromatic N) is 3. The lowest BCUT2D eigenvalue weighted by Crippen LogP contribution is -2.41. The second kappa shape index (κ2) is 10.3. The molecule has 2 aromatic rings. The molecular formula is C20H27N3O5S3. The number of sulfonamides is 1. The number of esters is 1. The molecule has 1 aliphatic heterocycles. The van der Waals surface area contributed by atoms with Crippen molar-refractivity contribution in [2.24, 2.45) is 10.9 Å². The third kappa shape index (κ3) is 5.76. The van der Waals surface area contributed by atoms with Gasteiger partial charge in [-0.05, 0) is 44.2 Å². The van der Waals surface area contributed by atoms with E-state index in [1.54, 1.807) is 30.8 Å². The molecule has 2 heterocycles. The van der Waals surface area contributed by atoms with E-state index in [9.17, 15) is 18.0 Å². The van der Waals surface area contributed by atoms with E-state index < -0.39 is 15.9 Å². The molecule has 11 heteroatoms. The minimum atomic E-state index is -3.33. The van der Waals surface area contributed by atoms with Crippen LogP contribution in [0.3, 0.4) is 0 Å². The lowest BCUT2D eigenvalue weighted by atomic mass is 9.99. The Labute approximate surface area is 190 Å². The topological polar surface area (TPSA) is 98.0 Å². The summed E-state index contributed by atoms with van der Waals surface area (Å²) in [5.41, 5.74) is 1.36. The first kappa shape index (κ1) is 24.0. The molecule has 0 radical (unpaired) electrons. The van der Waals surface area contributed by atoms with Gasteiger partial charge in [0.1, 0.15) is 0 Å². The van der Waals surface area contributed by atoms with Crippen LogP contribution in [0, 0.1) is 5.92 Å². The molecule has 1 atom stereocenters. The molecule has 0 bridgehead atoms. The fraction of sp³-hybridized carbons (Fsp3) is 0.550. The zero-order chi connectivity index (χ0) is 22.6. The molecule has 170 valence electrons. The Morgan fingerprint density at radius 1 is 1.35 bits per heavy atom. The second-order valence-corrected chi connectivity index (χ2v) is 11.3. The van der Waals surface area contributed by atoms with E-state index in [0.717, 1.165) is 16.0 Å². The maximum atomic E-state index is 12.9. The van der Waals surface area contributed by atoms with Crippen LogP contribution in [0.4, 0.5) is 0 Å². The zero-order valence-corrected chi connectivity index (χ0v) is 20.3. The van der Waals surface area contributed by atoms with E-state index in [4.69, 9.17) is 4.74 Å². The van der Waals surface area contributed by atoms with Crippen molar-refractivity contribution in [2.75, 3.05) is 38.0 Å². The van der Waals surface area contributed by atoms with Crippen molar-refractivity contribution in [2.45, 2.75) is 26.3 Å². The average Bonchev–Trinajstić information content (AvgIpc) is 3.07. The van der Waals surface area contributed by atoms with E-state index in [0.29, 0.717) is 42.9 Å². The first-order valence-corrected chi connectivity index (χ1v) is 14.1. The van der Waals surface area contributed by atoms with E-state index >= 15 is 0 Å². The lowest BCUT2D eigenvalue weighted by molar-refractivity contribution is -0.122.